The van der Waals surface area contributed by atoms with Gasteiger partial charge in [-0.25, -0.2) is 0 Å². The zero-order valence-electron chi connectivity index (χ0n) is 11.8. The molecule has 0 radical (unpaired) electrons. The summed E-state index contributed by atoms with van der Waals surface area (Å²) in [7, 11) is 0. The van der Waals surface area contributed by atoms with E-state index in [1.165, 1.54) is 36.5 Å². The van der Waals surface area contributed by atoms with Crippen LogP contribution in [0.25, 0.3) is 6.08 Å². The minimum atomic E-state index is 0.750. The highest BCUT2D eigenvalue weighted by Gasteiger charge is 1.96. The Morgan fingerprint density at radius 1 is 1.28 bits per heavy atom. The molecule has 18 heavy (non-hydrogen) atoms. The largest absolute Gasteiger partial charge is 0.304 e. The topological polar surface area (TPSA) is 17.1 Å². The van der Waals surface area contributed by atoms with Crippen LogP contribution in [0.2, 0.25) is 0 Å². The molecule has 1 heteroatoms. The van der Waals surface area contributed by atoms with Crippen molar-refractivity contribution in [3.05, 3.63) is 53.6 Å². The van der Waals surface area contributed by atoms with Crippen molar-refractivity contribution < 1.29 is 4.79 Å². The first-order valence-corrected chi connectivity index (χ1v) is 6.47. The molecule has 0 saturated heterocycles. The molecule has 0 N–H and O–H groups in total. The predicted octanol–water partition coefficient (Wildman–Crippen LogP) is 5.04. The molecule has 98 valence electrons. The summed E-state index contributed by atoms with van der Waals surface area (Å²) in [6, 6.07) is 10.4. The van der Waals surface area contributed by atoms with Gasteiger partial charge in [0.25, 0.3) is 0 Å². The van der Waals surface area contributed by atoms with Crippen LogP contribution in [0.3, 0.4) is 0 Å². The van der Waals surface area contributed by atoms with Gasteiger partial charge in [-0.15, -0.1) is 0 Å². The second kappa shape index (κ2) is 10.5. The number of rotatable bonds is 5. The Balaban J connectivity index is 0.000000873. The maximum atomic E-state index is 8.81. The third-order valence-corrected chi connectivity index (χ3v) is 2.57. The Morgan fingerprint density at radius 2 is 1.83 bits per heavy atom. The normalized spacial score (nSPS) is 10.3. The highest BCUT2D eigenvalue weighted by atomic mass is 16.1. The molecule has 0 heterocycles. The fourth-order valence-electron chi connectivity index (χ4n) is 1.49. The molecule has 0 aliphatic rings. The minimum absolute atomic E-state index is 0.750. The summed E-state index contributed by atoms with van der Waals surface area (Å²) in [6.07, 6.45) is 6.54. The van der Waals surface area contributed by atoms with E-state index in [1.807, 2.05) is 6.07 Å². The van der Waals surface area contributed by atoms with Gasteiger partial charge in [0, 0.05) is 0 Å². The third kappa shape index (κ3) is 7.61. The van der Waals surface area contributed by atoms with Crippen molar-refractivity contribution in [1.29, 1.82) is 0 Å². The zero-order chi connectivity index (χ0) is 13.8. The lowest BCUT2D eigenvalue weighted by Gasteiger charge is -2.05. The van der Waals surface area contributed by atoms with Gasteiger partial charge in [-0.05, 0) is 37.8 Å². The van der Waals surface area contributed by atoms with Crippen molar-refractivity contribution >= 4 is 12.4 Å². The SMILES string of the molecule is C=C(CCCC)/C(C)=C/c1ccccc1.CC=O. The first kappa shape index (κ1) is 16.4. The van der Waals surface area contributed by atoms with Gasteiger partial charge in [-0.3, -0.25) is 0 Å². The van der Waals surface area contributed by atoms with Crippen LogP contribution < -0.4 is 0 Å². The molecule has 0 unspecified atom stereocenters. The van der Waals surface area contributed by atoms with Crippen molar-refractivity contribution in [2.24, 2.45) is 0 Å². The molecule has 0 saturated carbocycles. The lowest BCUT2D eigenvalue weighted by atomic mass is 10.0. The Bertz CT molecular complexity index is 374. The molecule has 0 spiro atoms. The number of hydrogen-bond donors (Lipinski definition) is 0. The quantitative estimate of drug-likeness (QED) is 0.523. The minimum Gasteiger partial charge on any atom is -0.304 e. The summed E-state index contributed by atoms with van der Waals surface area (Å²) in [5.74, 6) is 0. The van der Waals surface area contributed by atoms with E-state index in [1.54, 1.807) is 0 Å². The number of aldehydes is 1. The van der Waals surface area contributed by atoms with Gasteiger partial charge in [-0.2, -0.15) is 0 Å². The Labute approximate surface area is 111 Å². The van der Waals surface area contributed by atoms with Crippen molar-refractivity contribution in [2.75, 3.05) is 0 Å². The molecule has 0 aliphatic heterocycles. The number of allylic oxidation sites excluding steroid dienone is 2. The molecule has 0 aliphatic carbocycles. The van der Waals surface area contributed by atoms with Crippen LogP contribution in [0.4, 0.5) is 0 Å². The number of hydrogen-bond acceptors (Lipinski definition) is 1. The molecule has 0 amide bonds. The van der Waals surface area contributed by atoms with Crippen LogP contribution in [0.15, 0.2) is 48.1 Å². The molecule has 0 aromatic heterocycles. The molecule has 1 aromatic rings. The summed E-state index contributed by atoms with van der Waals surface area (Å²) >= 11 is 0. The van der Waals surface area contributed by atoms with Crippen molar-refractivity contribution in [2.45, 2.75) is 40.0 Å². The first-order chi connectivity index (χ1) is 8.65. The monoisotopic (exact) mass is 244 g/mol. The lowest BCUT2D eigenvalue weighted by Crippen LogP contribution is -1.84. The molecule has 1 aromatic carbocycles. The molecule has 0 bridgehead atoms. The third-order valence-electron chi connectivity index (χ3n) is 2.57. The van der Waals surface area contributed by atoms with Crippen molar-refractivity contribution in [3.63, 3.8) is 0 Å². The Morgan fingerprint density at radius 3 is 2.33 bits per heavy atom. The van der Waals surface area contributed by atoms with Crippen LogP contribution in [0, 0.1) is 0 Å². The summed E-state index contributed by atoms with van der Waals surface area (Å²) in [5.41, 5.74) is 3.82. The molecule has 0 atom stereocenters. The van der Waals surface area contributed by atoms with Gasteiger partial charge in [0.2, 0.25) is 0 Å². The van der Waals surface area contributed by atoms with Crippen LogP contribution >= 0.6 is 0 Å². The molecule has 0 fully saturated rings. The van der Waals surface area contributed by atoms with E-state index in [0.717, 1.165) is 12.7 Å². The summed E-state index contributed by atoms with van der Waals surface area (Å²) in [5, 5.41) is 0. The van der Waals surface area contributed by atoms with Crippen LogP contribution in [0.5, 0.6) is 0 Å². The van der Waals surface area contributed by atoms with E-state index in [9.17, 15) is 0 Å². The van der Waals surface area contributed by atoms with E-state index >= 15 is 0 Å². The molecule has 1 rings (SSSR count). The highest BCUT2D eigenvalue weighted by molar-refractivity contribution is 5.57. The maximum Gasteiger partial charge on any atom is 0.116 e. The highest BCUT2D eigenvalue weighted by Crippen LogP contribution is 2.17. The smallest absolute Gasteiger partial charge is 0.116 e. The average molecular weight is 244 g/mol. The number of benzene rings is 1. The standard InChI is InChI=1S/C15H20.C2H4O/c1-4-5-9-13(2)14(3)12-15-10-7-6-8-11-15;1-2-3/h6-8,10-12H,2,4-5,9H2,1,3H3;2H,1H3/b14-12+;. The van der Waals surface area contributed by atoms with E-state index in [0.29, 0.717) is 0 Å². The molecular weight excluding hydrogens is 220 g/mol. The average Bonchev–Trinajstić information content (AvgIpc) is 2.38. The van der Waals surface area contributed by atoms with Crippen LogP contribution in [0.1, 0.15) is 45.6 Å². The Kier molecular flexibility index (Phi) is 9.57. The summed E-state index contributed by atoms with van der Waals surface area (Å²) < 4.78 is 0. The van der Waals surface area contributed by atoms with E-state index in [2.05, 4.69) is 50.8 Å². The van der Waals surface area contributed by atoms with Gasteiger partial charge >= 0.3 is 0 Å². The molecule has 1 nitrogen and oxygen atoms in total. The summed E-state index contributed by atoms with van der Waals surface area (Å²) in [4.78, 5) is 8.81. The number of carbonyl (C=O) groups excluding carboxylic acids is 1. The van der Waals surface area contributed by atoms with Gasteiger partial charge in [0.15, 0.2) is 0 Å². The molecular formula is C17H24O. The predicted molar refractivity (Wildman–Crippen MR) is 80.5 cm³/mol. The fourth-order valence-corrected chi connectivity index (χ4v) is 1.49. The first-order valence-electron chi connectivity index (χ1n) is 6.47. The van der Waals surface area contributed by atoms with E-state index < -0.39 is 0 Å². The lowest BCUT2D eigenvalue weighted by molar-refractivity contribution is -0.106. The number of unbranched alkanes of at least 4 members (excludes halogenated alkanes) is 1. The van der Waals surface area contributed by atoms with Crippen molar-refractivity contribution in [3.8, 4) is 0 Å². The van der Waals surface area contributed by atoms with Crippen LogP contribution in [-0.2, 0) is 4.79 Å². The van der Waals surface area contributed by atoms with E-state index in [4.69, 9.17) is 4.79 Å². The maximum absolute atomic E-state index is 8.81. The second-order valence-corrected chi connectivity index (χ2v) is 4.18. The fraction of sp³-hybridized carbons (Fsp3) is 0.353. The number of carbonyl (C=O) groups is 1. The zero-order valence-corrected chi connectivity index (χ0v) is 11.8. The van der Waals surface area contributed by atoms with Crippen LogP contribution in [-0.4, -0.2) is 6.29 Å². The second-order valence-electron chi connectivity index (χ2n) is 4.18. The van der Waals surface area contributed by atoms with Gasteiger partial charge in [0.05, 0.1) is 0 Å². The van der Waals surface area contributed by atoms with Gasteiger partial charge in [0.1, 0.15) is 6.29 Å². The van der Waals surface area contributed by atoms with Gasteiger partial charge in [-0.1, -0.05) is 61.9 Å². The Hall–Kier alpha value is -1.63. The van der Waals surface area contributed by atoms with E-state index in [-0.39, 0.29) is 0 Å². The van der Waals surface area contributed by atoms with Crippen molar-refractivity contribution in [1.82, 2.24) is 0 Å². The summed E-state index contributed by atoms with van der Waals surface area (Å²) in [6.45, 7) is 9.92. The van der Waals surface area contributed by atoms with Gasteiger partial charge < -0.3 is 4.79 Å².